The molecule has 0 unspecified atom stereocenters. The van der Waals surface area contributed by atoms with Crippen molar-refractivity contribution in [3.8, 4) is 11.4 Å². The molecule has 92 valence electrons. The minimum absolute atomic E-state index is 0.287. The highest BCUT2D eigenvalue weighted by Gasteiger charge is 2.11. The van der Waals surface area contributed by atoms with E-state index in [2.05, 4.69) is 33.2 Å². The molecule has 0 amide bonds. The monoisotopic (exact) mass is 240 g/mol. The van der Waals surface area contributed by atoms with Gasteiger partial charge in [0, 0.05) is 5.56 Å². The van der Waals surface area contributed by atoms with Gasteiger partial charge in [-0.15, -0.1) is 0 Å². The molecule has 0 spiro atoms. The summed E-state index contributed by atoms with van der Waals surface area (Å²) in [6.45, 7) is 1.83. The number of nitrogens with two attached hydrogens (primary N) is 1. The van der Waals surface area contributed by atoms with E-state index in [0.29, 0.717) is 11.6 Å². The lowest BCUT2D eigenvalue weighted by Crippen LogP contribution is -2.05. The van der Waals surface area contributed by atoms with E-state index >= 15 is 0 Å². The fourth-order valence-corrected chi connectivity index (χ4v) is 2.50. The third-order valence-corrected chi connectivity index (χ3v) is 3.37. The van der Waals surface area contributed by atoms with E-state index in [1.54, 1.807) is 0 Å². The summed E-state index contributed by atoms with van der Waals surface area (Å²) in [7, 11) is 0. The fourth-order valence-electron chi connectivity index (χ4n) is 2.50. The van der Waals surface area contributed by atoms with Crippen LogP contribution in [0, 0.1) is 6.92 Å². The van der Waals surface area contributed by atoms with Gasteiger partial charge in [0.2, 0.25) is 5.95 Å². The molecule has 4 heteroatoms. The van der Waals surface area contributed by atoms with E-state index in [-0.39, 0.29) is 5.95 Å². The summed E-state index contributed by atoms with van der Waals surface area (Å²) in [5, 5.41) is 0. The number of fused-ring (bicyclic) bond motifs is 1. The van der Waals surface area contributed by atoms with Gasteiger partial charge in [-0.05, 0) is 49.8 Å². The van der Waals surface area contributed by atoms with Crippen LogP contribution in [-0.4, -0.2) is 15.0 Å². The number of aromatic nitrogens is 3. The maximum Gasteiger partial charge on any atom is 0.223 e. The van der Waals surface area contributed by atoms with E-state index in [4.69, 9.17) is 5.73 Å². The SMILES string of the molecule is Cc1nc(N)nc(-c2ccc3c(c2)CCCC3)n1. The Bertz CT molecular complexity index is 572. The van der Waals surface area contributed by atoms with E-state index in [1.165, 1.54) is 30.4 Å². The maximum absolute atomic E-state index is 5.67. The first-order chi connectivity index (χ1) is 8.72. The van der Waals surface area contributed by atoms with Crippen LogP contribution in [0.3, 0.4) is 0 Å². The minimum atomic E-state index is 0.287. The van der Waals surface area contributed by atoms with Crippen molar-refractivity contribution in [2.45, 2.75) is 32.6 Å². The maximum atomic E-state index is 5.67. The first kappa shape index (κ1) is 11.1. The van der Waals surface area contributed by atoms with Crippen molar-refractivity contribution >= 4 is 5.95 Å². The highest BCUT2D eigenvalue weighted by atomic mass is 15.1. The van der Waals surface area contributed by atoms with E-state index in [9.17, 15) is 0 Å². The first-order valence-corrected chi connectivity index (χ1v) is 6.33. The zero-order valence-corrected chi connectivity index (χ0v) is 10.5. The Balaban J connectivity index is 2.06. The molecule has 0 fully saturated rings. The fraction of sp³-hybridized carbons (Fsp3) is 0.357. The number of hydrogen-bond acceptors (Lipinski definition) is 4. The summed E-state index contributed by atoms with van der Waals surface area (Å²) in [5.74, 6) is 1.62. The molecule has 1 aromatic heterocycles. The van der Waals surface area contributed by atoms with Crippen LogP contribution in [0.2, 0.25) is 0 Å². The molecule has 3 rings (SSSR count). The van der Waals surface area contributed by atoms with Gasteiger partial charge in [-0.2, -0.15) is 9.97 Å². The largest absolute Gasteiger partial charge is 0.368 e. The summed E-state index contributed by atoms with van der Waals surface area (Å²) in [6, 6.07) is 6.47. The normalized spacial score (nSPS) is 14.3. The highest BCUT2D eigenvalue weighted by molar-refractivity contribution is 5.58. The average molecular weight is 240 g/mol. The third-order valence-electron chi connectivity index (χ3n) is 3.37. The lowest BCUT2D eigenvalue weighted by molar-refractivity contribution is 0.686. The van der Waals surface area contributed by atoms with Crippen LogP contribution in [0.4, 0.5) is 5.95 Å². The average Bonchev–Trinajstić information content (AvgIpc) is 2.37. The van der Waals surface area contributed by atoms with Crippen molar-refractivity contribution in [1.82, 2.24) is 15.0 Å². The molecule has 0 radical (unpaired) electrons. The summed E-state index contributed by atoms with van der Waals surface area (Å²) >= 11 is 0. The van der Waals surface area contributed by atoms with Crippen LogP contribution < -0.4 is 5.73 Å². The Hall–Kier alpha value is -1.97. The highest BCUT2D eigenvalue weighted by Crippen LogP contribution is 2.25. The molecule has 18 heavy (non-hydrogen) atoms. The molecule has 0 aliphatic heterocycles. The van der Waals surface area contributed by atoms with Crippen molar-refractivity contribution in [1.29, 1.82) is 0 Å². The smallest absolute Gasteiger partial charge is 0.223 e. The zero-order chi connectivity index (χ0) is 12.5. The molecule has 0 saturated carbocycles. The first-order valence-electron chi connectivity index (χ1n) is 6.33. The molecule has 1 heterocycles. The molecular weight excluding hydrogens is 224 g/mol. The van der Waals surface area contributed by atoms with Crippen molar-refractivity contribution in [3.05, 3.63) is 35.2 Å². The second kappa shape index (κ2) is 4.37. The lowest BCUT2D eigenvalue weighted by atomic mass is 9.90. The molecule has 2 aromatic rings. The summed E-state index contributed by atoms with van der Waals surface area (Å²) < 4.78 is 0. The van der Waals surface area contributed by atoms with Gasteiger partial charge in [-0.1, -0.05) is 12.1 Å². The van der Waals surface area contributed by atoms with Crippen LogP contribution >= 0.6 is 0 Å². The van der Waals surface area contributed by atoms with E-state index in [0.717, 1.165) is 12.0 Å². The molecule has 1 aliphatic carbocycles. The van der Waals surface area contributed by atoms with Gasteiger partial charge in [-0.3, -0.25) is 0 Å². The predicted molar refractivity (Wildman–Crippen MR) is 71.1 cm³/mol. The standard InChI is InChI=1S/C14H16N4/c1-9-16-13(18-14(15)17-9)12-7-6-10-4-2-3-5-11(10)8-12/h6-8H,2-5H2,1H3,(H2,15,16,17,18). The quantitative estimate of drug-likeness (QED) is 0.830. The molecular formula is C14H16N4. The number of anilines is 1. The Kier molecular flexibility index (Phi) is 2.70. The van der Waals surface area contributed by atoms with Crippen LogP contribution in [0.25, 0.3) is 11.4 Å². The van der Waals surface area contributed by atoms with Gasteiger partial charge in [0.05, 0.1) is 0 Å². The summed E-state index contributed by atoms with van der Waals surface area (Å²) in [5.41, 5.74) is 9.60. The number of nitrogen functional groups attached to an aromatic ring is 1. The van der Waals surface area contributed by atoms with Crippen molar-refractivity contribution < 1.29 is 0 Å². The molecule has 1 aromatic carbocycles. The van der Waals surface area contributed by atoms with Gasteiger partial charge < -0.3 is 5.73 Å². The lowest BCUT2D eigenvalue weighted by Gasteiger charge is -2.16. The van der Waals surface area contributed by atoms with Crippen LogP contribution in [0.15, 0.2) is 18.2 Å². The molecule has 2 N–H and O–H groups in total. The summed E-state index contributed by atoms with van der Waals surface area (Å²) in [6.07, 6.45) is 4.91. The van der Waals surface area contributed by atoms with Gasteiger partial charge in [0.25, 0.3) is 0 Å². The predicted octanol–water partition coefficient (Wildman–Crippen LogP) is 2.31. The van der Waals surface area contributed by atoms with Gasteiger partial charge in [-0.25, -0.2) is 4.98 Å². The molecule has 0 atom stereocenters. The number of aryl methyl sites for hydroxylation is 3. The van der Waals surface area contributed by atoms with Gasteiger partial charge in [0.15, 0.2) is 5.82 Å². The van der Waals surface area contributed by atoms with Gasteiger partial charge in [0.1, 0.15) is 5.82 Å². The second-order valence-corrected chi connectivity index (χ2v) is 4.76. The molecule has 0 saturated heterocycles. The third kappa shape index (κ3) is 2.06. The Morgan fingerprint density at radius 3 is 2.56 bits per heavy atom. The van der Waals surface area contributed by atoms with Crippen molar-refractivity contribution in [2.75, 3.05) is 5.73 Å². The minimum Gasteiger partial charge on any atom is -0.368 e. The second-order valence-electron chi connectivity index (χ2n) is 4.76. The van der Waals surface area contributed by atoms with E-state index in [1.807, 2.05) is 6.92 Å². The summed E-state index contributed by atoms with van der Waals surface area (Å²) in [4.78, 5) is 12.6. The van der Waals surface area contributed by atoms with Crippen molar-refractivity contribution in [3.63, 3.8) is 0 Å². The number of benzene rings is 1. The topological polar surface area (TPSA) is 64.7 Å². The van der Waals surface area contributed by atoms with Crippen molar-refractivity contribution in [2.24, 2.45) is 0 Å². The number of nitrogens with zero attached hydrogens (tertiary/aromatic N) is 3. The van der Waals surface area contributed by atoms with Gasteiger partial charge >= 0.3 is 0 Å². The Labute approximate surface area is 106 Å². The van der Waals surface area contributed by atoms with Crippen LogP contribution in [0.5, 0.6) is 0 Å². The molecule has 0 bridgehead atoms. The van der Waals surface area contributed by atoms with Crippen LogP contribution in [-0.2, 0) is 12.8 Å². The Morgan fingerprint density at radius 2 is 1.78 bits per heavy atom. The number of rotatable bonds is 1. The molecule has 1 aliphatic rings. The number of hydrogen-bond donors (Lipinski definition) is 1. The zero-order valence-electron chi connectivity index (χ0n) is 10.5. The Morgan fingerprint density at radius 1 is 1.00 bits per heavy atom. The molecule has 4 nitrogen and oxygen atoms in total. The van der Waals surface area contributed by atoms with Crippen LogP contribution in [0.1, 0.15) is 29.8 Å². The van der Waals surface area contributed by atoms with E-state index < -0.39 is 0 Å².